The van der Waals surface area contributed by atoms with Crippen LogP contribution in [0, 0.1) is 6.92 Å². The monoisotopic (exact) mass is 701 g/mol. The van der Waals surface area contributed by atoms with Crippen LogP contribution in [0.2, 0.25) is 0 Å². The van der Waals surface area contributed by atoms with E-state index < -0.39 is 11.9 Å². The molecule has 4 rings (SSSR count). The standard InChI is InChI=1S/C14H16N2O2S.C14H15NO2S.C2H4O2.CH4O.2ClH/c1-18-13(17)8-11-4-2-10(3-5-11)6-7-12-9-19-14(15)16-12;1-10-15-13(9-18-10)7-6-11-2-4-12(5-3-11)8-14(16)17;1-2(3)4;1-2;;/h2-5,9H,6-8H2,1H3,(H2,15,16);2-5,9H,6-8H2,1H3,(H,16,17);1H3,(H,3,4);2H,1H3;2*1H. The van der Waals surface area contributed by atoms with Crippen molar-refractivity contribution in [1.82, 2.24) is 9.97 Å². The Hall–Kier alpha value is -3.55. The zero-order chi connectivity index (χ0) is 32.2. The summed E-state index contributed by atoms with van der Waals surface area (Å²) < 4.78 is 4.63. The highest BCUT2D eigenvalue weighted by atomic mass is 35.5. The highest BCUT2D eigenvalue weighted by Gasteiger charge is 2.04. The number of aromatic nitrogens is 2. The van der Waals surface area contributed by atoms with Gasteiger partial charge < -0.3 is 25.8 Å². The van der Waals surface area contributed by atoms with Crippen molar-refractivity contribution in [1.29, 1.82) is 0 Å². The molecule has 0 aliphatic heterocycles. The van der Waals surface area contributed by atoms with E-state index in [0.717, 1.165) is 67.2 Å². The molecule has 4 aromatic rings. The highest BCUT2D eigenvalue weighted by molar-refractivity contribution is 7.13. The van der Waals surface area contributed by atoms with Crippen molar-refractivity contribution in [3.8, 4) is 0 Å². The molecule has 5 N–H and O–H groups in total. The average Bonchev–Trinajstić information content (AvgIpc) is 3.60. The van der Waals surface area contributed by atoms with Crippen molar-refractivity contribution in [2.75, 3.05) is 20.0 Å². The Bertz CT molecular complexity index is 1390. The van der Waals surface area contributed by atoms with Gasteiger partial charge in [0.15, 0.2) is 5.13 Å². The Morgan fingerprint density at radius 1 is 0.733 bits per heavy atom. The number of anilines is 1. The first-order chi connectivity index (χ1) is 20.5. The number of carbonyl (C=O) groups is 3. The maximum atomic E-state index is 11.1. The molecule has 0 amide bonds. The predicted octanol–water partition coefficient (Wildman–Crippen LogP) is 5.63. The summed E-state index contributed by atoms with van der Waals surface area (Å²) in [5.41, 5.74) is 12.0. The van der Waals surface area contributed by atoms with E-state index in [4.69, 9.17) is 25.8 Å². The Balaban J connectivity index is 0. The maximum absolute atomic E-state index is 11.1. The van der Waals surface area contributed by atoms with Gasteiger partial charge in [0.05, 0.1) is 36.3 Å². The van der Waals surface area contributed by atoms with E-state index in [2.05, 4.69) is 20.1 Å². The van der Waals surface area contributed by atoms with Crippen molar-refractivity contribution < 1.29 is 34.4 Å². The van der Waals surface area contributed by atoms with Gasteiger partial charge in [-0.25, -0.2) is 9.97 Å². The summed E-state index contributed by atoms with van der Waals surface area (Å²) >= 11 is 3.14. The minimum absolute atomic E-state index is 0. The average molecular weight is 703 g/mol. The molecule has 2 aromatic heterocycles. The molecule has 0 aliphatic carbocycles. The van der Waals surface area contributed by atoms with Crippen LogP contribution in [0.5, 0.6) is 0 Å². The van der Waals surface area contributed by atoms with Crippen LogP contribution in [-0.2, 0) is 57.6 Å². The van der Waals surface area contributed by atoms with Gasteiger partial charge >= 0.3 is 11.9 Å². The van der Waals surface area contributed by atoms with Gasteiger partial charge in [-0.2, -0.15) is 0 Å². The molecule has 2 heterocycles. The molecule has 0 radical (unpaired) electrons. The SMILES string of the molecule is CC(=O)O.CO.COC(=O)Cc1ccc(CCc2csc(N)n2)cc1.Cc1nc(CCc2ccc(CC(=O)O)cc2)cs1.Cl.Cl. The molecule has 0 spiro atoms. The second kappa shape index (κ2) is 24.7. The number of methoxy groups -OCH3 is 1. The molecule has 0 aliphatic rings. The minimum atomic E-state index is -0.833. The van der Waals surface area contributed by atoms with E-state index in [0.29, 0.717) is 11.6 Å². The summed E-state index contributed by atoms with van der Waals surface area (Å²) in [6, 6.07) is 15.8. The molecular formula is C31H41Cl2N3O7S2. The maximum Gasteiger partial charge on any atom is 0.309 e. The number of halogens is 2. The number of carboxylic acids is 2. The van der Waals surface area contributed by atoms with Gasteiger partial charge in [-0.3, -0.25) is 14.4 Å². The van der Waals surface area contributed by atoms with Crippen molar-refractivity contribution in [3.63, 3.8) is 0 Å². The third kappa shape index (κ3) is 20.2. The molecule has 0 unspecified atom stereocenters. The van der Waals surface area contributed by atoms with E-state index in [-0.39, 0.29) is 37.2 Å². The zero-order valence-electron chi connectivity index (χ0n) is 25.6. The number of nitrogens with two attached hydrogens (primary N) is 1. The molecule has 10 nitrogen and oxygen atoms in total. The molecule has 45 heavy (non-hydrogen) atoms. The summed E-state index contributed by atoms with van der Waals surface area (Å²) in [7, 11) is 2.40. The van der Waals surface area contributed by atoms with Gasteiger partial charge in [-0.1, -0.05) is 48.5 Å². The fraction of sp³-hybridized carbons (Fsp3) is 0.323. The second-order valence-corrected chi connectivity index (χ2v) is 11.0. The molecule has 248 valence electrons. The van der Waals surface area contributed by atoms with Gasteiger partial charge in [0.1, 0.15) is 0 Å². The van der Waals surface area contributed by atoms with Crippen LogP contribution in [-0.4, -0.2) is 57.4 Å². The number of aliphatic hydroxyl groups excluding tert-OH is 1. The lowest BCUT2D eigenvalue weighted by atomic mass is 10.1. The van der Waals surface area contributed by atoms with Crippen LogP contribution in [0.4, 0.5) is 5.13 Å². The summed E-state index contributed by atoms with van der Waals surface area (Å²) in [6.45, 7) is 3.09. The van der Waals surface area contributed by atoms with Gasteiger partial charge in [0, 0.05) is 24.8 Å². The topological polar surface area (TPSA) is 173 Å². The third-order valence-corrected chi connectivity index (χ3v) is 7.10. The number of aliphatic hydroxyl groups is 1. The first-order valence-corrected chi connectivity index (χ1v) is 15.0. The Labute approximate surface area is 284 Å². The van der Waals surface area contributed by atoms with Gasteiger partial charge in [0.25, 0.3) is 5.97 Å². The number of aliphatic carboxylic acids is 2. The first kappa shape index (κ1) is 43.6. The number of nitrogen functional groups attached to an aromatic ring is 1. The van der Waals surface area contributed by atoms with Crippen molar-refractivity contribution in [2.45, 2.75) is 52.4 Å². The second-order valence-electron chi connectivity index (χ2n) is 9.01. The van der Waals surface area contributed by atoms with Crippen molar-refractivity contribution >= 4 is 70.5 Å². The fourth-order valence-corrected chi connectivity index (χ4v) is 4.81. The summed E-state index contributed by atoms with van der Waals surface area (Å²) in [4.78, 5) is 39.3. The van der Waals surface area contributed by atoms with Crippen LogP contribution >= 0.6 is 47.5 Å². The zero-order valence-corrected chi connectivity index (χ0v) is 28.9. The number of thiazole rings is 2. The molecule has 0 fully saturated rings. The minimum Gasteiger partial charge on any atom is -0.481 e. The van der Waals surface area contributed by atoms with Crippen molar-refractivity contribution in [3.05, 3.63) is 97.9 Å². The number of ether oxygens (including phenoxy) is 1. The lowest BCUT2D eigenvalue weighted by Crippen LogP contribution is -2.04. The van der Waals surface area contributed by atoms with Crippen LogP contribution in [0.15, 0.2) is 59.3 Å². The van der Waals surface area contributed by atoms with Crippen LogP contribution < -0.4 is 5.73 Å². The van der Waals surface area contributed by atoms with Crippen LogP contribution in [0.25, 0.3) is 0 Å². The van der Waals surface area contributed by atoms with E-state index in [1.54, 1.807) is 11.3 Å². The fourth-order valence-electron chi connectivity index (χ4n) is 3.57. The number of rotatable bonds is 10. The number of esters is 1. The molecular weight excluding hydrogens is 661 g/mol. The summed E-state index contributed by atoms with van der Waals surface area (Å²) in [6.07, 6.45) is 4.08. The van der Waals surface area contributed by atoms with E-state index in [1.165, 1.54) is 29.6 Å². The van der Waals surface area contributed by atoms with Gasteiger partial charge in [-0.15, -0.1) is 47.5 Å². The smallest absolute Gasteiger partial charge is 0.309 e. The van der Waals surface area contributed by atoms with Crippen molar-refractivity contribution in [2.24, 2.45) is 0 Å². The third-order valence-electron chi connectivity index (χ3n) is 5.55. The summed E-state index contributed by atoms with van der Waals surface area (Å²) in [5.74, 6) is -1.84. The van der Waals surface area contributed by atoms with Crippen LogP contribution in [0.1, 0.15) is 45.6 Å². The molecule has 0 bridgehead atoms. The number of carboxylic acid groups (broad SMARTS) is 2. The van der Waals surface area contributed by atoms with E-state index in [9.17, 15) is 9.59 Å². The largest absolute Gasteiger partial charge is 0.481 e. The molecule has 0 atom stereocenters. The lowest BCUT2D eigenvalue weighted by molar-refractivity contribution is -0.140. The predicted molar refractivity (Wildman–Crippen MR) is 184 cm³/mol. The number of nitrogens with zero attached hydrogens (tertiary/aromatic N) is 2. The normalized spacial score (nSPS) is 9.27. The Morgan fingerprint density at radius 3 is 1.49 bits per heavy atom. The molecule has 14 heteroatoms. The molecule has 0 saturated carbocycles. The number of hydrogen-bond acceptors (Lipinski definition) is 10. The number of hydrogen-bond donors (Lipinski definition) is 4. The quantitative estimate of drug-likeness (QED) is 0.152. The number of aryl methyl sites for hydroxylation is 5. The molecule has 0 saturated heterocycles. The first-order valence-electron chi connectivity index (χ1n) is 13.2. The van der Waals surface area contributed by atoms with Crippen LogP contribution in [0.3, 0.4) is 0 Å². The summed E-state index contributed by atoms with van der Waals surface area (Å²) in [5, 5.41) is 28.9. The Morgan fingerprint density at radius 2 is 1.13 bits per heavy atom. The number of benzene rings is 2. The van der Waals surface area contributed by atoms with Gasteiger partial charge in [0.2, 0.25) is 0 Å². The highest BCUT2D eigenvalue weighted by Crippen LogP contribution is 2.15. The Kier molecular flexibility index (Phi) is 24.0. The number of carbonyl (C=O) groups excluding carboxylic acids is 1. The van der Waals surface area contributed by atoms with Gasteiger partial charge in [-0.05, 0) is 54.9 Å². The van der Waals surface area contributed by atoms with E-state index in [1.807, 2.05) is 60.8 Å². The van der Waals surface area contributed by atoms with E-state index >= 15 is 0 Å². The lowest BCUT2D eigenvalue weighted by Gasteiger charge is -2.03. The molecule has 2 aromatic carbocycles.